The Balaban J connectivity index is 2.10. The Kier molecular flexibility index (Phi) is 10.2. The Labute approximate surface area is 236 Å². The number of nitrogens with zero attached hydrogens (tertiary/aromatic N) is 2. The summed E-state index contributed by atoms with van der Waals surface area (Å²) in [4.78, 5) is 28.6. The maximum absolute atomic E-state index is 14.0. The molecule has 1 N–H and O–H groups in total. The second-order valence-electron chi connectivity index (χ2n) is 9.51. The molecule has 0 spiro atoms. The van der Waals surface area contributed by atoms with Gasteiger partial charge in [0.15, 0.2) is 0 Å². The fraction of sp³-hybridized carbons (Fsp3) is 0.333. The molecule has 7 nitrogen and oxygen atoms in total. The highest BCUT2D eigenvalue weighted by Crippen LogP contribution is 2.29. The van der Waals surface area contributed by atoms with Crippen molar-refractivity contribution in [3.05, 3.63) is 94.0 Å². The average molecular weight is 570 g/mol. The van der Waals surface area contributed by atoms with E-state index in [1.54, 1.807) is 60.7 Å². The van der Waals surface area contributed by atoms with Crippen LogP contribution in [0.15, 0.2) is 71.6 Å². The van der Waals surface area contributed by atoms with Crippen LogP contribution in [0.5, 0.6) is 0 Å². The summed E-state index contributed by atoms with van der Waals surface area (Å²) in [6.07, 6.45) is 0.360. The second-order valence-corrected chi connectivity index (χ2v) is 11.8. The fourth-order valence-electron chi connectivity index (χ4n) is 4.35. The minimum absolute atomic E-state index is 0.0850. The molecule has 3 rings (SSSR count). The molecule has 9 heteroatoms. The Hall–Kier alpha value is -3.36. The number of sulfonamides is 1. The van der Waals surface area contributed by atoms with Crippen LogP contribution in [-0.4, -0.2) is 44.3 Å². The van der Waals surface area contributed by atoms with Gasteiger partial charge in [-0.15, -0.1) is 0 Å². The van der Waals surface area contributed by atoms with Crippen molar-refractivity contribution in [3.8, 4) is 0 Å². The van der Waals surface area contributed by atoms with Crippen LogP contribution in [-0.2, 0) is 26.2 Å². The number of likely N-dealkylation sites (N-methyl/N-ethyl adjacent to an activating group) is 1. The van der Waals surface area contributed by atoms with Crippen LogP contribution in [0.4, 0.5) is 5.69 Å². The molecule has 0 fully saturated rings. The van der Waals surface area contributed by atoms with Gasteiger partial charge in [-0.25, -0.2) is 8.42 Å². The minimum Gasteiger partial charge on any atom is -0.355 e. The number of aryl methyl sites for hydroxylation is 2. The maximum atomic E-state index is 14.0. The molecule has 0 aliphatic carbocycles. The van der Waals surface area contributed by atoms with E-state index in [4.69, 9.17) is 11.6 Å². The number of rotatable bonds is 11. The standard InChI is InChI=1S/C30H36ClN3O4S/c1-6-27(30(36)32-7-2)33(19-24-13-15-25(31)16-14-24)29(35)20-34(28-10-8-9-22(4)23(28)5)39(37,38)26-17-11-21(3)12-18-26/h8-18,27H,6-7,19-20H2,1-5H3,(H,32,36)/t27-/m1/s1. The van der Waals surface area contributed by atoms with E-state index in [1.165, 1.54) is 4.90 Å². The molecule has 208 valence electrons. The van der Waals surface area contributed by atoms with Gasteiger partial charge in [0.2, 0.25) is 11.8 Å². The van der Waals surface area contributed by atoms with Crippen LogP contribution < -0.4 is 9.62 Å². The molecule has 3 aromatic rings. The Bertz CT molecular complexity index is 1410. The van der Waals surface area contributed by atoms with E-state index < -0.39 is 28.5 Å². The first-order chi connectivity index (χ1) is 18.5. The lowest BCUT2D eigenvalue weighted by Crippen LogP contribution is -2.52. The predicted octanol–water partition coefficient (Wildman–Crippen LogP) is 5.40. The largest absolute Gasteiger partial charge is 0.355 e. The third-order valence-electron chi connectivity index (χ3n) is 6.74. The summed E-state index contributed by atoms with van der Waals surface area (Å²) in [6, 6.07) is 18.1. The molecule has 3 aromatic carbocycles. The molecule has 39 heavy (non-hydrogen) atoms. The SMILES string of the molecule is CCNC(=O)[C@@H](CC)N(Cc1ccc(Cl)cc1)C(=O)CN(c1cccc(C)c1C)S(=O)(=O)c1ccc(C)cc1. The minimum atomic E-state index is -4.11. The topological polar surface area (TPSA) is 86.8 Å². The van der Waals surface area contributed by atoms with E-state index >= 15 is 0 Å². The highest BCUT2D eigenvalue weighted by molar-refractivity contribution is 7.92. The zero-order valence-corrected chi connectivity index (χ0v) is 24.6. The maximum Gasteiger partial charge on any atom is 0.264 e. The molecule has 0 aliphatic rings. The van der Waals surface area contributed by atoms with Gasteiger partial charge < -0.3 is 10.2 Å². The van der Waals surface area contributed by atoms with Crippen LogP contribution in [0, 0.1) is 20.8 Å². The van der Waals surface area contributed by atoms with Crippen molar-refractivity contribution in [2.24, 2.45) is 0 Å². The van der Waals surface area contributed by atoms with Gasteiger partial charge >= 0.3 is 0 Å². The number of anilines is 1. The van der Waals surface area contributed by atoms with Gasteiger partial charge in [0.1, 0.15) is 12.6 Å². The molecule has 2 amide bonds. The molecular weight excluding hydrogens is 534 g/mol. The highest BCUT2D eigenvalue weighted by Gasteiger charge is 2.34. The fourth-order valence-corrected chi connectivity index (χ4v) is 5.95. The summed E-state index contributed by atoms with van der Waals surface area (Å²) in [6.45, 7) is 9.31. The van der Waals surface area contributed by atoms with E-state index in [9.17, 15) is 18.0 Å². The van der Waals surface area contributed by atoms with Gasteiger partial charge in [-0.2, -0.15) is 0 Å². The first-order valence-corrected chi connectivity index (χ1v) is 14.8. The van der Waals surface area contributed by atoms with Gasteiger partial charge in [-0.1, -0.05) is 60.5 Å². The van der Waals surface area contributed by atoms with Crippen LogP contribution in [0.25, 0.3) is 0 Å². The molecule has 0 unspecified atom stereocenters. The lowest BCUT2D eigenvalue weighted by Gasteiger charge is -2.33. The summed E-state index contributed by atoms with van der Waals surface area (Å²) in [5.74, 6) is -0.776. The average Bonchev–Trinajstić information content (AvgIpc) is 2.90. The number of halogens is 1. The van der Waals surface area contributed by atoms with Crippen molar-refractivity contribution >= 4 is 39.1 Å². The molecule has 0 aromatic heterocycles. The van der Waals surface area contributed by atoms with Crippen molar-refractivity contribution in [1.29, 1.82) is 0 Å². The molecule has 0 heterocycles. The second kappa shape index (κ2) is 13.1. The quantitative estimate of drug-likeness (QED) is 0.335. The Morgan fingerprint density at radius 3 is 2.15 bits per heavy atom. The van der Waals surface area contributed by atoms with Crippen LogP contribution in [0.1, 0.15) is 42.5 Å². The van der Waals surface area contributed by atoms with E-state index in [1.807, 2.05) is 40.7 Å². The number of hydrogen-bond acceptors (Lipinski definition) is 4. The smallest absolute Gasteiger partial charge is 0.264 e. The Morgan fingerprint density at radius 1 is 0.923 bits per heavy atom. The summed E-state index contributed by atoms with van der Waals surface area (Å²) in [7, 11) is -4.11. The molecule has 0 bridgehead atoms. The van der Waals surface area contributed by atoms with E-state index in [0.29, 0.717) is 23.7 Å². The number of benzene rings is 3. The van der Waals surface area contributed by atoms with E-state index in [2.05, 4.69) is 5.32 Å². The summed E-state index contributed by atoms with van der Waals surface area (Å²) >= 11 is 6.06. The molecular formula is C30H36ClN3O4S. The number of hydrogen-bond donors (Lipinski definition) is 1. The van der Waals surface area contributed by atoms with Crippen molar-refractivity contribution < 1.29 is 18.0 Å². The van der Waals surface area contributed by atoms with Crippen molar-refractivity contribution in [3.63, 3.8) is 0 Å². The van der Waals surface area contributed by atoms with E-state index in [-0.39, 0.29) is 17.3 Å². The summed E-state index contributed by atoms with van der Waals surface area (Å²) in [5, 5.41) is 3.36. The van der Waals surface area contributed by atoms with Crippen LogP contribution >= 0.6 is 11.6 Å². The summed E-state index contributed by atoms with van der Waals surface area (Å²) < 4.78 is 29.2. The van der Waals surface area contributed by atoms with Crippen molar-refractivity contribution in [2.45, 2.75) is 58.5 Å². The molecule has 0 saturated heterocycles. The van der Waals surface area contributed by atoms with Gasteiger partial charge in [0.05, 0.1) is 10.6 Å². The highest BCUT2D eigenvalue weighted by atomic mass is 35.5. The third kappa shape index (κ3) is 7.19. The lowest BCUT2D eigenvalue weighted by molar-refractivity contribution is -0.140. The molecule has 0 saturated carbocycles. The molecule has 1 atom stereocenters. The predicted molar refractivity (Wildman–Crippen MR) is 156 cm³/mol. The van der Waals surface area contributed by atoms with Crippen molar-refractivity contribution in [2.75, 3.05) is 17.4 Å². The van der Waals surface area contributed by atoms with Crippen LogP contribution in [0.2, 0.25) is 5.02 Å². The zero-order valence-electron chi connectivity index (χ0n) is 23.1. The number of nitrogens with one attached hydrogen (secondary N) is 1. The molecule has 0 aliphatic heterocycles. The van der Waals surface area contributed by atoms with Crippen molar-refractivity contribution in [1.82, 2.24) is 10.2 Å². The third-order valence-corrected chi connectivity index (χ3v) is 8.76. The Morgan fingerprint density at radius 2 is 1.56 bits per heavy atom. The van der Waals surface area contributed by atoms with Gasteiger partial charge in [-0.3, -0.25) is 13.9 Å². The number of amides is 2. The van der Waals surface area contributed by atoms with Crippen LogP contribution in [0.3, 0.4) is 0 Å². The first-order valence-electron chi connectivity index (χ1n) is 13.0. The van der Waals surface area contributed by atoms with Gasteiger partial charge in [0, 0.05) is 18.1 Å². The lowest BCUT2D eigenvalue weighted by atomic mass is 10.1. The zero-order chi connectivity index (χ0) is 28.7. The summed E-state index contributed by atoms with van der Waals surface area (Å²) in [5.41, 5.74) is 3.76. The van der Waals surface area contributed by atoms with E-state index in [0.717, 1.165) is 26.6 Å². The normalized spacial score (nSPS) is 12.1. The van der Waals surface area contributed by atoms with Gasteiger partial charge in [0.25, 0.3) is 10.0 Å². The number of carbonyl (C=O) groups is 2. The monoisotopic (exact) mass is 569 g/mol. The first kappa shape index (κ1) is 30.2. The number of carbonyl (C=O) groups excluding carboxylic acids is 2. The molecule has 0 radical (unpaired) electrons. The van der Waals surface area contributed by atoms with Gasteiger partial charge in [-0.05, 0) is 81.1 Å².